The Balaban J connectivity index is 2.02. The molecule has 174 valence electrons. The Hall–Kier alpha value is -2.30. The molecule has 0 atom stereocenters. The first-order chi connectivity index (χ1) is 14.1. The third-order valence-corrected chi connectivity index (χ3v) is 5.34. The lowest BCUT2D eigenvalue weighted by molar-refractivity contribution is -0.143. The molecule has 0 saturated carbocycles. The average Bonchev–Trinajstić information content (AvgIpc) is 2.66. The van der Waals surface area contributed by atoms with E-state index in [0.29, 0.717) is 38.1 Å². The molecular weight excluding hydrogens is 428 g/mol. The summed E-state index contributed by atoms with van der Waals surface area (Å²) in [5.41, 5.74) is 1.36. The summed E-state index contributed by atoms with van der Waals surface area (Å²) in [6, 6.07) is 0.956. The summed E-state index contributed by atoms with van der Waals surface area (Å²) in [5.74, 6) is -0.918. The summed E-state index contributed by atoms with van der Waals surface area (Å²) in [6.07, 6.45) is -9.05. The first kappa shape index (κ1) is 25.0. The highest BCUT2D eigenvalue weighted by molar-refractivity contribution is 5.91. The number of likely N-dealkylation sites (tertiary alicyclic amines) is 1. The molecular formula is C20H25F6N3O2. The second kappa shape index (κ2) is 9.05. The van der Waals surface area contributed by atoms with Gasteiger partial charge in [-0.25, -0.2) is 0 Å². The number of anilines is 1. The molecule has 1 aromatic rings. The highest BCUT2D eigenvalue weighted by Crippen LogP contribution is 2.37. The molecule has 0 bridgehead atoms. The van der Waals surface area contributed by atoms with E-state index in [1.54, 1.807) is 18.7 Å². The highest BCUT2D eigenvalue weighted by atomic mass is 19.4. The molecule has 1 aliphatic rings. The lowest BCUT2D eigenvalue weighted by atomic mass is 9.88. The molecule has 0 unspecified atom stereocenters. The molecule has 5 nitrogen and oxygen atoms in total. The van der Waals surface area contributed by atoms with E-state index in [1.807, 2.05) is 0 Å². The monoisotopic (exact) mass is 453 g/mol. The van der Waals surface area contributed by atoms with Crippen LogP contribution in [0, 0.1) is 11.3 Å². The van der Waals surface area contributed by atoms with Gasteiger partial charge < -0.3 is 16.0 Å². The van der Waals surface area contributed by atoms with Crippen molar-refractivity contribution in [1.82, 2.24) is 4.90 Å². The van der Waals surface area contributed by atoms with Crippen LogP contribution < -0.4 is 11.1 Å². The number of hydrogen-bond donors (Lipinski definition) is 2. The molecule has 11 heteroatoms. The number of hydrogen-bond acceptors (Lipinski definition) is 3. The number of amides is 2. The molecule has 0 aromatic heterocycles. The maximum atomic E-state index is 12.9. The van der Waals surface area contributed by atoms with E-state index in [2.05, 4.69) is 5.32 Å². The second-order valence-corrected chi connectivity index (χ2v) is 8.37. The topological polar surface area (TPSA) is 75.4 Å². The van der Waals surface area contributed by atoms with Gasteiger partial charge in [-0.3, -0.25) is 9.59 Å². The Bertz CT molecular complexity index is 780. The number of nitrogens with one attached hydrogen (secondary N) is 1. The first-order valence-corrected chi connectivity index (χ1v) is 9.72. The average molecular weight is 453 g/mol. The van der Waals surface area contributed by atoms with Gasteiger partial charge in [-0.2, -0.15) is 26.3 Å². The predicted molar refractivity (Wildman–Crippen MR) is 102 cm³/mol. The van der Waals surface area contributed by atoms with Crippen molar-refractivity contribution in [2.24, 2.45) is 17.1 Å². The van der Waals surface area contributed by atoms with Gasteiger partial charge in [0.05, 0.1) is 16.5 Å². The van der Waals surface area contributed by atoms with Crippen LogP contribution in [0.2, 0.25) is 0 Å². The van der Waals surface area contributed by atoms with E-state index in [0.717, 1.165) is 0 Å². The lowest BCUT2D eigenvalue weighted by Crippen LogP contribution is -2.48. The van der Waals surface area contributed by atoms with Crippen LogP contribution in [0.4, 0.5) is 32.0 Å². The van der Waals surface area contributed by atoms with Gasteiger partial charge >= 0.3 is 12.4 Å². The largest absolute Gasteiger partial charge is 0.416 e. The summed E-state index contributed by atoms with van der Waals surface area (Å²) >= 11 is 0. The molecule has 1 saturated heterocycles. The van der Waals surface area contributed by atoms with E-state index in [4.69, 9.17) is 5.73 Å². The van der Waals surface area contributed by atoms with Crippen LogP contribution in [0.5, 0.6) is 0 Å². The number of benzene rings is 1. The minimum atomic E-state index is -4.99. The maximum absolute atomic E-state index is 12.9. The van der Waals surface area contributed by atoms with Crippen molar-refractivity contribution in [2.75, 3.05) is 25.0 Å². The molecule has 1 aromatic carbocycles. The Labute approximate surface area is 176 Å². The van der Waals surface area contributed by atoms with Crippen molar-refractivity contribution in [3.05, 3.63) is 29.3 Å². The third kappa shape index (κ3) is 6.59. The number of nitrogens with zero attached hydrogens (tertiary/aromatic N) is 1. The van der Waals surface area contributed by atoms with Crippen LogP contribution in [-0.2, 0) is 21.9 Å². The predicted octanol–water partition coefficient (Wildman–Crippen LogP) is 4.28. The van der Waals surface area contributed by atoms with Gasteiger partial charge in [-0.1, -0.05) is 0 Å². The minimum absolute atomic E-state index is 0.00518. The summed E-state index contributed by atoms with van der Waals surface area (Å²) in [4.78, 5) is 26.3. The van der Waals surface area contributed by atoms with Gasteiger partial charge in [0.25, 0.3) is 0 Å². The molecule has 0 radical (unpaired) electrons. The number of nitrogens with two attached hydrogens (primary N) is 1. The van der Waals surface area contributed by atoms with Crippen molar-refractivity contribution in [3.8, 4) is 0 Å². The van der Waals surface area contributed by atoms with Gasteiger partial charge in [-0.05, 0) is 50.8 Å². The number of carbonyl (C=O) groups is 2. The summed E-state index contributed by atoms with van der Waals surface area (Å²) in [6.45, 7) is 4.47. The van der Waals surface area contributed by atoms with Crippen LogP contribution in [-0.4, -0.2) is 36.3 Å². The molecule has 2 rings (SSSR count). The fourth-order valence-electron chi connectivity index (χ4n) is 3.36. The SMILES string of the molecule is CC(C)(CN)C(=O)N1CCC(CC(=O)Nc2cc(C(F)(F)F)cc(C(F)(F)F)c2)CC1. The second-order valence-electron chi connectivity index (χ2n) is 8.37. The zero-order valence-corrected chi connectivity index (χ0v) is 17.2. The Morgan fingerprint density at radius 2 is 1.48 bits per heavy atom. The third-order valence-electron chi connectivity index (χ3n) is 5.34. The first-order valence-electron chi connectivity index (χ1n) is 9.72. The minimum Gasteiger partial charge on any atom is -0.342 e. The quantitative estimate of drug-likeness (QED) is 0.654. The standard InChI is InChI=1S/C20H25F6N3O2/c1-18(2,11-27)17(31)29-5-3-12(4-6-29)7-16(30)28-15-9-13(19(21,22)23)8-14(10-15)20(24,25)26/h8-10,12H,3-7,11,27H2,1-2H3,(H,28,30). The molecule has 1 aliphatic heterocycles. The van der Waals surface area contributed by atoms with E-state index >= 15 is 0 Å². The van der Waals surface area contributed by atoms with Crippen LogP contribution in [0.15, 0.2) is 18.2 Å². The Kier molecular flexibility index (Phi) is 7.29. The lowest BCUT2D eigenvalue weighted by Gasteiger charge is -2.36. The molecule has 1 heterocycles. The number of carbonyl (C=O) groups excluding carboxylic acids is 2. The summed E-state index contributed by atoms with van der Waals surface area (Å²) in [5, 5.41) is 2.15. The van der Waals surface area contributed by atoms with E-state index in [-0.39, 0.29) is 30.9 Å². The van der Waals surface area contributed by atoms with Crippen molar-refractivity contribution < 1.29 is 35.9 Å². The van der Waals surface area contributed by atoms with Gasteiger partial charge in [0.1, 0.15) is 0 Å². The van der Waals surface area contributed by atoms with Gasteiger partial charge in [0, 0.05) is 31.7 Å². The molecule has 0 spiro atoms. The van der Waals surface area contributed by atoms with Crippen molar-refractivity contribution in [3.63, 3.8) is 0 Å². The van der Waals surface area contributed by atoms with Crippen LogP contribution in [0.1, 0.15) is 44.2 Å². The molecule has 0 aliphatic carbocycles. The highest BCUT2D eigenvalue weighted by Gasteiger charge is 2.37. The fraction of sp³-hybridized carbons (Fsp3) is 0.600. The zero-order valence-electron chi connectivity index (χ0n) is 17.2. The Morgan fingerprint density at radius 1 is 1.00 bits per heavy atom. The normalized spacial score (nSPS) is 16.4. The van der Waals surface area contributed by atoms with Crippen molar-refractivity contribution in [2.45, 2.75) is 45.5 Å². The van der Waals surface area contributed by atoms with Crippen molar-refractivity contribution in [1.29, 1.82) is 0 Å². The van der Waals surface area contributed by atoms with E-state index < -0.39 is 40.5 Å². The molecule has 1 fully saturated rings. The van der Waals surface area contributed by atoms with Crippen LogP contribution >= 0.6 is 0 Å². The van der Waals surface area contributed by atoms with E-state index in [9.17, 15) is 35.9 Å². The van der Waals surface area contributed by atoms with Crippen LogP contribution in [0.3, 0.4) is 0 Å². The molecule has 31 heavy (non-hydrogen) atoms. The number of alkyl halides is 6. The fourth-order valence-corrected chi connectivity index (χ4v) is 3.36. The number of rotatable bonds is 5. The van der Waals surface area contributed by atoms with Gasteiger partial charge in [0.2, 0.25) is 11.8 Å². The number of halogens is 6. The smallest absolute Gasteiger partial charge is 0.342 e. The van der Waals surface area contributed by atoms with E-state index in [1.165, 1.54) is 0 Å². The number of piperidine rings is 1. The summed E-state index contributed by atoms with van der Waals surface area (Å²) in [7, 11) is 0. The van der Waals surface area contributed by atoms with Gasteiger partial charge in [0.15, 0.2) is 0 Å². The Morgan fingerprint density at radius 3 is 1.90 bits per heavy atom. The van der Waals surface area contributed by atoms with Crippen molar-refractivity contribution >= 4 is 17.5 Å². The molecule has 2 amide bonds. The van der Waals surface area contributed by atoms with Gasteiger partial charge in [-0.15, -0.1) is 0 Å². The maximum Gasteiger partial charge on any atom is 0.416 e. The molecule has 3 N–H and O–H groups in total. The van der Waals surface area contributed by atoms with Crippen LogP contribution in [0.25, 0.3) is 0 Å². The summed E-state index contributed by atoms with van der Waals surface area (Å²) < 4.78 is 77.6. The zero-order chi connectivity index (χ0) is 23.6.